The van der Waals surface area contributed by atoms with E-state index in [1.165, 1.54) is 0 Å². The Hall–Kier alpha value is -1.86. The van der Waals surface area contributed by atoms with Crippen molar-refractivity contribution in [1.82, 2.24) is 4.90 Å². The van der Waals surface area contributed by atoms with Crippen LogP contribution in [0.4, 0.5) is 0 Å². The van der Waals surface area contributed by atoms with Crippen molar-refractivity contribution in [1.29, 1.82) is 0 Å². The minimum Gasteiger partial charge on any atom is -0.454 e. The summed E-state index contributed by atoms with van der Waals surface area (Å²) < 4.78 is 15.9. The Balaban J connectivity index is 1.76. The number of hydrogen-bond donors (Lipinski definition) is 1. The summed E-state index contributed by atoms with van der Waals surface area (Å²) in [6.45, 7) is 1.52. The van der Waals surface area contributed by atoms with Gasteiger partial charge in [-0.2, -0.15) is 0 Å². The molecule has 1 amide bonds. The molecule has 1 aromatic rings. The van der Waals surface area contributed by atoms with E-state index in [4.69, 9.17) is 32.2 Å². The second kappa shape index (κ2) is 5.26. The van der Waals surface area contributed by atoms with Crippen molar-refractivity contribution in [3.8, 4) is 11.5 Å². The third-order valence-electron chi connectivity index (χ3n) is 3.29. The van der Waals surface area contributed by atoms with Gasteiger partial charge in [0.1, 0.15) is 11.1 Å². The lowest BCUT2D eigenvalue weighted by Gasteiger charge is -2.32. The molecule has 0 spiro atoms. The molecule has 0 radical (unpaired) electrons. The van der Waals surface area contributed by atoms with Crippen LogP contribution in [-0.4, -0.2) is 48.4 Å². The van der Waals surface area contributed by atoms with Crippen LogP contribution in [0, 0.1) is 0 Å². The molecule has 0 aliphatic carbocycles. The topological polar surface area (TPSA) is 74.0 Å². The minimum absolute atomic E-state index is 0.0900. The van der Waals surface area contributed by atoms with E-state index < -0.39 is 0 Å². The van der Waals surface area contributed by atoms with Gasteiger partial charge in [0.2, 0.25) is 6.79 Å². The first-order chi connectivity index (χ1) is 9.65. The predicted molar refractivity (Wildman–Crippen MR) is 75.0 cm³/mol. The maximum Gasteiger partial charge on any atom is 0.254 e. The summed E-state index contributed by atoms with van der Waals surface area (Å²) in [5.41, 5.74) is 6.13. The molecule has 1 saturated heterocycles. The number of carbonyl (C=O) groups excluding carboxylic acids is 1. The number of nitrogens with two attached hydrogens (primary N) is 1. The van der Waals surface area contributed by atoms with Gasteiger partial charge >= 0.3 is 0 Å². The third kappa shape index (κ3) is 2.41. The molecule has 2 N–H and O–H groups in total. The van der Waals surface area contributed by atoms with E-state index in [2.05, 4.69) is 0 Å². The highest BCUT2D eigenvalue weighted by Gasteiger charge is 2.27. The average molecular weight is 294 g/mol. The van der Waals surface area contributed by atoms with Crippen LogP contribution in [0.1, 0.15) is 10.4 Å². The van der Waals surface area contributed by atoms with Crippen LogP contribution in [0.25, 0.3) is 0 Å². The Kier molecular flexibility index (Phi) is 3.45. The Labute approximate surface area is 121 Å². The van der Waals surface area contributed by atoms with Crippen LogP contribution in [0.3, 0.4) is 0 Å². The second-order valence-corrected chi connectivity index (χ2v) is 5.05. The van der Waals surface area contributed by atoms with Crippen molar-refractivity contribution >= 4 is 23.1 Å². The summed E-state index contributed by atoms with van der Waals surface area (Å²) in [6, 6.07) is 5.15. The first kappa shape index (κ1) is 13.1. The number of hydrogen-bond acceptors (Lipinski definition) is 5. The highest BCUT2D eigenvalue weighted by Crippen LogP contribution is 2.32. The quantitative estimate of drug-likeness (QED) is 0.803. The Bertz CT molecular complexity index is 563. The van der Waals surface area contributed by atoms with Crippen LogP contribution < -0.4 is 15.2 Å². The van der Waals surface area contributed by atoms with Crippen molar-refractivity contribution in [2.24, 2.45) is 5.73 Å². The highest BCUT2D eigenvalue weighted by atomic mass is 32.1. The van der Waals surface area contributed by atoms with Crippen molar-refractivity contribution in [2.45, 2.75) is 6.10 Å². The Morgan fingerprint density at radius 3 is 2.95 bits per heavy atom. The molecule has 20 heavy (non-hydrogen) atoms. The number of benzene rings is 1. The fraction of sp³-hybridized carbons (Fsp3) is 0.385. The van der Waals surface area contributed by atoms with Crippen molar-refractivity contribution in [3.63, 3.8) is 0 Å². The summed E-state index contributed by atoms with van der Waals surface area (Å²) in [5.74, 6) is 1.16. The van der Waals surface area contributed by atoms with Gasteiger partial charge in [0.25, 0.3) is 5.91 Å². The lowest BCUT2D eigenvalue weighted by molar-refractivity contribution is 0.00877. The van der Waals surface area contributed by atoms with E-state index in [0.717, 1.165) is 0 Å². The fourth-order valence-corrected chi connectivity index (χ4v) is 2.36. The molecule has 2 heterocycles. The molecule has 1 aromatic carbocycles. The van der Waals surface area contributed by atoms with Crippen LogP contribution >= 0.6 is 12.2 Å². The highest BCUT2D eigenvalue weighted by molar-refractivity contribution is 7.80. The minimum atomic E-state index is -0.378. The van der Waals surface area contributed by atoms with Gasteiger partial charge in [-0.3, -0.25) is 4.79 Å². The Morgan fingerprint density at radius 1 is 1.35 bits per heavy atom. The molecular formula is C13H14N2O4S. The number of amides is 1. The molecule has 3 rings (SSSR count). The summed E-state index contributed by atoms with van der Waals surface area (Å²) >= 11 is 4.91. The lowest BCUT2D eigenvalue weighted by Crippen LogP contribution is -2.49. The molecule has 6 nitrogen and oxygen atoms in total. The first-order valence-corrected chi connectivity index (χ1v) is 6.66. The molecule has 1 unspecified atom stereocenters. The maximum absolute atomic E-state index is 12.5. The number of ether oxygens (including phenoxy) is 3. The zero-order valence-corrected chi connectivity index (χ0v) is 11.5. The largest absolute Gasteiger partial charge is 0.454 e. The number of rotatable bonds is 2. The van der Waals surface area contributed by atoms with Gasteiger partial charge in [0, 0.05) is 12.1 Å². The van der Waals surface area contributed by atoms with Gasteiger partial charge in [-0.05, 0) is 18.2 Å². The predicted octanol–water partition coefficient (Wildman–Crippen LogP) is 0.542. The van der Waals surface area contributed by atoms with Crippen molar-refractivity contribution in [3.05, 3.63) is 23.8 Å². The fourth-order valence-electron chi connectivity index (χ4n) is 2.22. The molecule has 0 aromatic heterocycles. The Morgan fingerprint density at radius 2 is 2.15 bits per heavy atom. The van der Waals surface area contributed by atoms with Gasteiger partial charge in [-0.15, -0.1) is 0 Å². The third-order valence-corrected chi connectivity index (χ3v) is 3.55. The number of fused-ring (bicyclic) bond motifs is 1. The van der Waals surface area contributed by atoms with E-state index in [9.17, 15) is 4.79 Å². The maximum atomic E-state index is 12.5. The number of nitrogens with zero attached hydrogens (tertiary/aromatic N) is 1. The normalized spacial score (nSPS) is 20.8. The average Bonchev–Trinajstić information content (AvgIpc) is 2.94. The molecule has 0 saturated carbocycles. The molecule has 1 atom stereocenters. The van der Waals surface area contributed by atoms with E-state index in [-0.39, 0.29) is 23.8 Å². The molecule has 1 fully saturated rings. The van der Waals surface area contributed by atoms with Gasteiger partial charge < -0.3 is 24.8 Å². The van der Waals surface area contributed by atoms with Crippen LogP contribution in [0.2, 0.25) is 0 Å². The van der Waals surface area contributed by atoms with Crippen LogP contribution in [-0.2, 0) is 4.74 Å². The van der Waals surface area contributed by atoms with Gasteiger partial charge in [-0.25, -0.2) is 0 Å². The van der Waals surface area contributed by atoms with E-state index >= 15 is 0 Å². The van der Waals surface area contributed by atoms with E-state index in [1.54, 1.807) is 23.1 Å². The monoisotopic (exact) mass is 294 g/mol. The number of carbonyl (C=O) groups is 1. The van der Waals surface area contributed by atoms with Crippen molar-refractivity contribution < 1.29 is 19.0 Å². The smallest absolute Gasteiger partial charge is 0.254 e. The summed E-state index contributed by atoms with van der Waals surface area (Å²) in [7, 11) is 0. The number of thiocarbonyl (C=S) groups is 1. The van der Waals surface area contributed by atoms with Gasteiger partial charge in [0.05, 0.1) is 13.2 Å². The molecule has 2 aliphatic heterocycles. The molecular weight excluding hydrogens is 280 g/mol. The van der Waals surface area contributed by atoms with E-state index in [0.29, 0.717) is 36.8 Å². The van der Waals surface area contributed by atoms with Crippen LogP contribution in [0.5, 0.6) is 11.5 Å². The standard InChI is InChI=1S/C13H14N2O4S/c14-12(20)11-6-15(3-4-17-11)13(16)8-1-2-9-10(5-8)19-7-18-9/h1-2,5,11H,3-4,6-7H2,(H2,14,20). The zero-order valence-electron chi connectivity index (χ0n) is 10.7. The van der Waals surface area contributed by atoms with E-state index in [1.807, 2.05) is 0 Å². The van der Waals surface area contributed by atoms with Gasteiger partial charge in [0.15, 0.2) is 11.5 Å². The molecule has 0 bridgehead atoms. The molecule has 106 valence electrons. The van der Waals surface area contributed by atoms with Crippen molar-refractivity contribution in [2.75, 3.05) is 26.5 Å². The number of morpholine rings is 1. The lowest BCUT2D eigenvalue weighted by atomic mass is 10.1. The summed E-state index contributed by atoms with van der Waals surface area (Å²) in [5, 5.41) is 0. The zero-order chi connectivity index (χ0) is 14.1. The second-order valence-electron chi connectivity index (χ2n) is 4.58. The molecule has 7 heteroatoms. The summed E-state index contributed by atoms with van der Waals surface area (Å²) in [4.78, 5) is 14.4. The van der Waals surface area contributed by atoms with Crippen LogP contribution in [0.15, 0.2) is 18.2 Å². The SMILES string of the molecule is NC(=S)C1CN(C(=O)c2ccc3c(c2)OCO3)CCO1. The molecule has 2 aliphatic rings. The first-order valence-electron chi connectivity index (χ1n) is 6.25. The summed E-state index contributed by atoms with van der Waals surface area (Å²) in [6.07, 6.45) is -0.378. The van der Waals surface area contributed by atoms with Gasteiger partial charge in [-0.1, -0.05) is 12.2 Å².